The maximum absolute atomic E-state index is 12.3. The van der Waals surface area contributed by atoms with E-state index in [1.165, 1.54) is 0 Å². The van der Waals surface area contributed by atoms with Gasteiger partial charge in [-0.05, 0) is 24.6 Å². The van der Waals surface area contributed by atoms with E-state index in [-0.39, 0.29) is 0 Å². The Kier molecular flexibility index (Phi) is 4.04. The molecule has 0 aliphatic heterocycles. The van der Waals surface area contributed by atoms with Gasteiger partial charge in [-0.15, -0.1) is 0 Å². The third kappa shape index (κ3) is 2.92. The average molecular weight is 280 g/mol. The minimum Gasteiger partial charge on any atom is -0.398 e. The molecule has 0 amide bonds. The molecule has 0 fully saturated rings. The van der Waals surface area contributed by atoms with Crippen LogP contribution in [0.3, 0.4) is 0 Å². The number of nitrogen functional groups attached to an aromatic ring is 1. The Balaban J connectivity index is 2.28. The molecular weight excluding hydrogens is 266 g/mol. The van der Waals surface area contributed by atoms with Crippen LogP contribution in [0.15, 0.2) is 47.4 Å². The smallest absolute Gasteiger partial charge is 0.0806 e. The number of benzene rings is 2. The molecule has 1 unspecified atom stereocenters. The lowest BCUT2D eigenvalue weighted by Gasteiger charge is -2.08. The van der Waals surface area contributed by atoms with Crippen molar-refractivity contribution in [1.82, 2.24) is 0 Å². The highest BCUT2D eigenvalue weighted by atomic mass is 35.5. The van der Waals surface area contributed by atoms with Gasteiger partial charge in [0.2, 0.25) is 0 Å². The highest BCUT2D eigenvalue weighted by Gasteiger charge is 2.12. The van der Waals surface area contributed by atoms with E-state index in [0.29, 0.717) is 21.4 Å². The molecule has 1 atom stereocenters. The van der Waals surface area contributed by atoms with Gasteiger partial charge in [-0.3, -0.25) is 4.21 Å². The Labute approximate surface area is 114 Å². The quantitative estimate of drug-likeness (QED) is 0.874. The highest BCUT2D eigenvalue weighted by molar-refractivity contribution is 7.84. The third-order valence-corrected chi connectivity index (χ3v) is 4.54. The van der Waals surface area contributed by atoms with Crippen molar-refractivity contribution in [1.29, 1.82) is 0 Å². The maximum Gasteiger partial charge on any atom is 0.0806 e. The van der Waals surface area contributed by atoms with Gasteiger partial charge in [0.05, 0.1) is 26.5 Å². The summed E-state index contributed by atoms with van der Waals surface area (Å²) in [5.74, 6) is 0.426. The fraction of sp³-hybridized carbons (Fsp3) is 0.143. The second-order valence-electron chi connectivity index (χ2n) is 4.14. The van der Waals surface area contributed by atoms with Crippen LogP contribution in [0.25, 0.3) is 0 Å². The molecule has 0 saturated heterocycles. The van der Waals surface area contributed by atoms with Crippen molar-refractivity contribution >= 4 is 28.1 Å². The molecule has 2 rings (SSSR count). The van der Waals surface area contributed by atoms with Crippen molar-refractivity contribution in [2.45, 2.75) is 17.6 Å². The summed E-state index contributed by atoms with van der Waals surface area (Å²) in [5.41, 5.74) is 8.48. The molecule has 2 nitrogen and oxygen atoms in total. The van der Waals surface area contributed by atoms with Crippen LogP contribution in [-0.4, -0.2) is 4.21 Å². The highest BCUT2D eigenvalue weighted by Crippen LogP contribution is 2.27. The lowest BCUT2D eigenvalue weighted by molar-refractivity contribution is 0.683. The third-order valence-electron chi connectivity index (χ3n) is 2.61. The molecule has 0 aliphatic rings. The first-order valence-electron chi connectivity index (χ1n) is 5.56. The summed E-state index contributed by atoms with van der Waals surface area (Å²) in [6.45, 7) is 2.01. The Hall–Kier alpha value is -1.32. The van der Waals surface area contributed by atoms with Gasteiger partial charge >= 0.3 is 0 Å². The molecule has 0 saturated carbocycles. The van der Waals surface area contributed by atoms with Crippen LogP contribution in [0.4, 0.5) is 5.69 Å². The van der Waals surface area contributed by atoms with Gasteiger partial charge in [0.15, 0.2) is 0 Å². The zero-order chi connectivity index (χ0) is 13.1. The minimum atomic E-state index is -1.22. The molecule has 94 valence electrons. The minimum absolute atomic E-state index is 0.426. The van der Waals surface area contributed by atoms with Crippen LogP contribution in [0.1, 0.15) is 11.1 Å². The topological polar surface area (TPSA) is 43.1 Å². The van der Waals surface area contributed by atoms with Gasteiger partial charge in [-0.1, -0.05) is 47.5 Å². The molecule has 18 heavy (non-hydrogen) atoms. The predicted octanol–water partition coefficient (Wildman–Crippen LogP) is 3.54. The number of halogens is 1. The molecule has 2 aromatic carbocycles. The average Bonchev–Trinajstić information content (AvgIpc) is 2.28. The van der Waals surface area contributed by atoms with Crippen molar-refractivity contribution < 1.29 is 4.21 Å². The molecular formula is C14H14ClNOS. The Bertz CT molecular complexity index is 578. The van der Waals surface area contributed by atoms with E-state index in [9.17, 15) is 4.21 Å². The summed E-state index contributed by atoms with van der Waals surface area (Å²) in [7, 11) is -1.22. The maximum atomic E-state index is 12.3. The number of anilines is 1. The largest absolute Gasteiger partial charge is 0.398 e. The fourth-order valence-electron chi connectivity index (χ4n) is 1.79. The first kappa shape index (κ1) is 13.1. The Morgan fingerprint density at radius 1 is 1.22 bits per heavy atom. The number of nitrogens with two attached hydrogens (primary N) is 1. The monoisotopic (exact) mass is 279 g/mol. The van der Waals surface area contributed by atoms with E-state index in [0.717, 1.165) is 11.1 Å². The van der Waals surface area contributed by atoms with Crippen molar-refractivity contribution in [2.75, 3.05) is 5.73 Å². The molecule has 0 bridgehead atoms. The van der Waals surface area contributed by atoms with Crippen molar-refractivity contribution in [3.63, 3.8) is 0 Å². The predicted molar refractivity (Wildman–Crippen MR) is 77.2 cm³/mol. The van der Waals surface area contributed by atoms with Gasteiger partial charge in [0, 0.05) is 5.69 Å². The fourth-order valence-corrected chi connectivity index (χ4v) is 3.47. The lowest BCUT2D eigenvalue weighted by atomic mass is 10.2. The van der Waals surface area contributed by atoms with E-state index in [1.807, 2.05) is 31.2 Å². The summed E-state index contributed by atoms with van der Waals surface area (Å²) in [5, 5.41) is 0.459. The van der Waals surface area contributed by atoms with Gasteiger partial charge in [0.25, 0.3) is 0 Å². The number of aryl methyl sites for hydroxylation is 1. The van der Waals surface area contributed by atoms with Crippen LogP contribution in [-0.2, 0) is 16.6 Å². The van der Waals surface area contributed by atoms with E-state index < -0.39 is 10.8 Å². The molecule has 2 aromatic rings. The standard InChI is InChI=1S/C14H14ClNOS/c1-10-4-2-5-11(8-10)9-18(17)14-12(15)6-3-7-13(14)16/h2-8H,9,16H2,1H3. The first-order chi connectivity index (χ1) is 8.58. The zero-order valence-electron chi connectivity index (χ0n) is 10.0. The van der Waals surface area contributed by atoms with Crippen LogP contribution in [0, 0.1) is 6.92 Å². The molecule has 4 heteroatoms. The Morgan fingerprint density at radius 2 is 1.94 bits per heavy atom. The molecule has 2 N–H and O–H groups in total. The first-order valence-corrected chi connectivity index (χ1v) is 7.25. The van der Waals surface area contributed by atoms with E-state index >= 15 is 0 Å². The SMILES string of the molecule is Cc1cccc(CS(=O)c2c(N)cccc2Cl)c1. The lowest BCUT2D eigenvalue weighted by Crippen LogP contribution is -2.02. The zero-order valence-corrected chi connectivity index (χ0v) is 11.6. The van der Waals surface area contributed by atoms with Crippen molar-refractivity contribution in [3.05, 3.63) is 58.6 Å². The summed E-state index contributed by atoms with van der Waals surface area (Å²) >= 11 is 6.05. The number of hydrogen-bond acceptors (Lipinski definition) is 2. The van der Waals surface area contributed by atoms with E-state index in [1.54, 1.807) is 18.2 Å². The van der Waals surface area contributed by atoms with Crippen LogP contribution in [0.2, 0.25) is 5.02 Å². The summed E-state index contributed by atoms with van der Waals surface area (Å²) < 4.78 is 12.3. The number of rotatable bonds is 3. The van der Waals surface area contributed by atoms with Crippen molar-refractivity contribution in [3.8, 4) is 0 Å². The second-order valence-corrected chi connectivity index (χ2v) is 5.93. The van der Waals surface area contributed by atoms with Crippen molar-refractivity contribution in [2.24, 2.45) is 0 Å². The summed E-state index contributed by atoms with van der Waals surface area (Å²) in [4.78, 5) is 0.528. The van der Waals surface area contributed by atoms with Crippen LogP contribution in [0.5, 0.6) is 0 Å². The second kappa shape index (κ2) is 5.55. The number of hydrogen-bond donors (Lipinski definition) is 1. The molecule has 0 aromatic heterocycles. The van der Waals surface area contributed by atoms with E-state index in [4.69, 9.17) is 17.3 Å². The van der Waals surface area contributed by atoms with Gasteiger partial charge in [-0.2, -0.15) is 0 Å². The molecule has 0 spiro atoms. The summed E-state index contributed by atoms with van der Waals surface area (Å²) in [6.07, 6.45) is 0. The van der Waals surface area contributed by atoms with Gasteiger partial charge in [0.1, 0.15) is 0 Å². The molecule has 0 aliphatic carbocycles. The van der Waals surface area contributed by atoms with Gasteiger partial charge < -0.3 is 5.73 Å². The Morgan fingerprint density at radius 3 is 2.61 bits per heavy atom. The summed E-state index contributed by atoms with van der Waals surface area (Å²) in [6, 6.07) is 13.1. The van der Waals surface area contributed by atoms with E-state index in [2.05, 4.69) is 0 Å². The normalized spacial score (nSPS) is 12.3. The molecule has 0 heterocycles. The van der Waals surface area contributed by atoms with Crippen LogP contribution < -0.4 is 5.73 Å². The van der Waals surface area contributed by atoms with Crippen LogP contribution >= 0.6 is 11.6 Å². The van der Waals surface area contributed by atoms with Gasteiger partial charge in [-0.25, -0.2) is 0 Å². The molecule has 0 radical (unpaired) electrons.